The minimum absolute atomic E-state index is 0.00364. The molecule has 0 heterocycles. The molecule has 0 spiro atoms. The number of nitrogens with one attached hydrogen (secondary N) is 2. The molecule has 1 rings (SSSR count). The Hall–Kier alpha value is -1.51. The summed E-state index contributed by atoms with van der Waals surface area (Å²) in [5.74, 6) is -0.00364. The molecule has 0 unspecified atom stereocenters. The van der Waals surface area contributed by atoms with Crippen molar-refractivity contribution in [1.29, 1.82) is 0 Å². The number of aryl methyl sites for hydroxylation is 1. The summed E-state index contributed by atoms with van der Waals surface area (Å²) in [6, 6.07) is 5.75. The first-order chi connectivity index (χ1) is 8.33. The number of hydrogen-bond acceptors (Lipinski definition) is 2. The largest absolute Gasteiger partial charge is 0.385 e. The molecule has 0 saturated heterocycles. The third-order valence-corrected chi connectivity index (χ3v) is 2.64. The van der Waals surface area contributed by atoms with Gasteiger partial charge in [0.1, 0.15) is 0 Å². The number of amides is 1. The third-order valence-electron chi connectivity index (χ3n) is 2.64. The summed E-state index contributed by atoms with van der Waals surface area (Å²) < 4.78 is 0. The second-order valence-corrected chi connectivity index (χ2v) is 5.80. The fraction of sp³-hybridized carbons (Fsp3) is 0.533. The lowest BCUT2D eigenvalue weighted by Crippen LogP contribution is -2.32. The summed E-state index contributed by atoms with van der Waals surface area (Å²) in [6.45, 7) is 11.9. The molecule has 0 fully saturated rings. The normalized spacial score (nSPS) is 11.2. The Morgan fingerprint density at radius 1 is 1.28 bits per heavy atom. The van der Waals surface area contributed by atoms with Crippen LogP contribution in [0.25, 0.3) is 0 Å². The Balaban J connectivity index is 2.72. The van der Waals surface area contributed by atoms with Crippen LogP contribution < -0.4 is 10.6 Å². The number of carbonyl (C=O) groups is 1. The van der Waals surface area contributed by atoms with Crippen molar-refractivity contribution in [2.24, 2.45) is 5.41 Å². The van der Waals surface area contributed by atoms with Crippen LogP contribution in [-0.4, -0.2) is 19.0 Å². The lowest BCUT2D eigenvalue weighted by Gasteiger charge is -2.19. The topological polar surface area (TPSA) is 41.1 Å². The van der Waals surface area contributed by atoms with Gasteiger partial charge >= 0.3 is 0 Å². The maximum absolute atomic E-state index is 12.0. The Kier molecular flexibility index (Phi) is 4.76. The molecule has 1 amide bonds. The van der Waals surface area contributed by atoms with E-state index in [0.29, 0.717) is 6.54 Å². The Morgan fingerprint density at radius 2 is 1.94 bits per heavy atom. The third kappa shape index (κ3) is 4.40. The van der Waals surface area contributed by atoms with Gasteiger partial charge in [-0.05, 0) is 43.0 Å². The van der Waals surface area contributed by atoms with E-state index in [0.717, 1.165) is 23.4 Å². The second kappa shape index (κ2) is 5.89. The van der Waals surface area contributed by atoms with Gasteiger partial charge < -0.3 is 10.6 Å². The molecule has 100 valence electrons. The van der Waals surface area contributed by atoms with E-state index in [2.05, 4.69) is 38.3 Å². The summed E-state index contributed by atoms with van der Waals surface area (Å²) in [5.41, 5.74) is 3.01. The van der Waals surface area contributed by atoms with Crippen molar-refractivity contribution in [3.8, 4) is 0 Å². The molecule has 0 aliphatic heterocycles. The quantitative estimate of drug-likeness (QED) is 0.859. The van der Waals surface area contributed by atoms with Crippen molar-refractivity contribution in [2.75, 3.05) is 18.4 Å². The molecule has 0 radical (unpaired) electrons. The highest BCUT2D eigenvalue weighted by Crippen LogP contribution is 2.17. The average molecular weight is 248 g/mol. The van der Waals surface area contributed by atoms with Crippen LogP contribution >= 0.6 is 0 Å². The molecule has 0 atom stereocenters. The van der Waals surface area contributed by atoms with Crippen LogP contribution in [0.1, 0.15) is 43.6 Å². The molecule has 1 aromatic rings. The smallest absolute Gasteiger partial charge is 0.251 e. The summed E-state index contributed by atoms with van der Waals surface area (Å²) in [6.07, 6.45) is 0. The fourth-order valence-electron chi connectivity index (χ4n) is 1.64. The van der Waals surface area contributed by atoms with Crippen LogP contribution in [0.2, 0.25) is 0 Å². The maximum Gasteiger partial charge on any atom is 0.251 e. The number of carbonyl (C=O) groups excluding carboxylic acids is 1. The second-order valence-electron chi connectivity index (χ2n) is 5.80. The first-order valence-corrected chi connectivity index (χ1v) is 6.46. The molecule has 0 bridgehead atoms. The van der Waals surface area contributed by atoms with E-state index < -0.39 is 0 Å². The predicted molar refractivity (Wildman–Crippen MR) is 77.1 cm³/mol. The van der Waals surface area contributed by atoms with E-state index in [1.807, 2.05) is 25.1 Å². The molecule has 1 aromatic carbocycles. The predicted octanol–water partition coefficient (Wildman–Crippen LogP) is 3.20. The van der Waals surface area contributed by atoms with E-state index in [9.17, 15) is 4.79 Å². The monoisotopic (exact) mass is 248 g/mol. The summed E-state index contributed by atoms with van der Waals surface area (Å²) in [7, 11) is 0. The average Bonchev–Trinajstić information content (AvgIpc) is 2.28. The van der Waals surface area contributed by atoms with Crippen molar-refractivity contribution >= 4 is 11.6 Å². The van der Waals surface area contributed by atoms with Crippen molar-refractivity contribution in [1.82, 2.24) is 5.32 Å². The van der Waals surface area contributed by atoms with Crippen LogP contribution in [0.15, 0.2) is 18.2 Å². The van der Waals surface area contributed by atoms with E-state index in [1.165, 1.54) is 0 Å². The van der Waals surface area contributed by atoms with E-state index in [-0.39, 0.29) is 11.3 Å². The SMILES string of the molecule is CCNc1ccc(C(=O)NCC(C)(C)C)cc1C. The molecular formula is C15H24N2O. The van der Waals surface area contributed by atoms with Crippen molar-refractivity contribution in [2.45, 2.75) is 34.6 Å². The van der Waals surface area contributed by atoms with E-state index >= 15 is 0 Å². The fourth-order valence-corrected chi connectivity index (χ4v) is 1.64. The van der Waals surface area contributed by atoms with Gasteiger partial charge in [-0.2, -0.15) is 0 Å². The highest BCUT2D eigenvalue weighted by molar-refractivity contribution is 5.94. The molecule has 0 aliphatic carbocycles. The van der Waals surface area contributed by atoms with Gasteiger partial charge in [-0.1, -0.05) is 20.8 Å². The van der Waals surface area contributed by atoms with E-state index in [1.54, 1.807) is 0 Å². The van der Waals surface area contributed by atoms with Gasteiger partial charge in [-0.15, -0.1) is 0 Å². The molecule has 0 saturated carbocycles. The minimum Gasteiger partial charge on any atom is -0.385 e. The summed E-state index contributed by atoms with van der Waals surface area (Å²) in [5, 5.41) is 6.22. The number of rotatable bonds is 4. The lowest BCUT2D eigenvalue weighted by atomic mass is 9.97. The van der Waals surface area contributed by atoms with Gasteiger partial charge in [0.25, 0.3) is 5.91 Å². The van der Waals surface area contributed by atoms with Gasteiger partial charge in [0.05, 0.1) is 0 Å². The van der Waals surface area contributed by atoms with Crippen molar-refractivity contribution in [3.05, 3.63) is 29.3 Å². The van der Waals surface area contributed by atoms with Gasteiger partial charge in [0.15, 0.2) is 0 Å². The van der Waals surface area contributed by atoms with Crippen molar-refractivity contribution < 1.29 is 4.79 Å². The first-order valence-electron chi connectivity index (χ1n) is 6.46. The van der Waals surface area contributed by atoms with Gasteiger partial charge in [0, 0.05) is 24.3 Å². The summed E-state index contributed by atoms with van der Waals surface area (Å²) in [4.78, 5) is 12.0. The van der Waals surface area contributed by atoms with Crippen molar-refractivity contribution in [3.63, 3.8) is 0 Å². The zero-order valence-electron chi connectivity index (χ0n) is 12.1. The zero-order chi connectivity index (χ0) is 13.8. The van der Waals surface area contributed by atoms with Crippen LogP contribution in [-0.2, 0) is 0 Å². The highest BCUT2D eigenvalue weighted by atomic mass is 16.1. The Bertz CT molecular complexity index is 419. The Morgan fingerprint density at radius 3 is 2.44 bits per heavy atom. The molecule has 3 nitrogen and oxygen atoms in total. The maximum atomic E-state index is 12.0. The molecule has 0 aliphatic rings. The number of anilines is 1. The van der Waals surface area contributed by atoms with Crippen LogP contribution in [0.5, 0.6) is 0 Å². The van der Waals surface area contributed by atoms with E-state index in [4.69, 9.17) is 0 Å². The molecule has 18 heavy (non-hydrogen) atoms. The minimum atomic E-state index is -0.00364. The Labute approximate surface area is 110 Å². The van der Waals surface area contributed by atoms with Gasteiger partial charge in [-0.25, -0.2) is 0 Å². The molecular weight excluding hydrogens is 224 g/mol. The first kappa shape index (κ1) is 14.6. The number of hydrogen-bond donors (Lipinski definition) is 2. The van der Waals surface area contributed by atoms with Crippen LogP contribution in [0.3, 0.4) is 0 Å². The van der Waals surface area contributed by atoms with Crippen LogP contribution in [0.4, 0.5) is 5.69 Å². The molecule has 3 heteroatoms. The lowest BCUT2D eigenvalue weighted by molar-refractivity contribution is 0.0939. The van der Waals surface area contributed by atoms with Gasteiger partial charge in [-0.3, -0.25) is 4.79 Å². The van der Waals surface area contributed by atoms with Crippen LogP contribution in [0, 0.1) is 12.3 Å². The standard InChI is InChI=1S/C15H24N2O/c1-6-16-13-8-7-12(9-11(13)2)14(18)17-10-15(3,4)5/h7-9,16H,6,10H2,1-5H3,(H,17,18). The highest BCUT2D eigenvalue weighted by Gasteiger charge is 2.13. The summed E-state index contributed by atoms with van der Waals surface area (Å²) >= 11 is 0. The molecule has 0 aromatic heterocycles. The zero-order valence-corrected chi connectivity index (χ0v) is 12.1. The molecule has 2 N–H and O–H groups in total. The number of benzene rings is 1. The van der Waals surface area contributed by atoms with Gasteiger partial charge in [0.2, 0.25) is 0 Å².